The molecule has 8 heteroatoms. The summed E-state index contributed by atoms with van der Waals surface area (Å²) < 4.78 is 5.65. The fourth-order valence-electron chi connectivity index (χ4n) is 4.85. The number of aryl methyl sites for hydroxylation is 1. The minimum atomic E-state index is -0.872. The summed E-state index contributed by atoms with van der Waals surface area (Å²) in [6.45, 7) is 10.4. The number of carbonyl (C=O) groups excluding carboxylic acids is 2. The van der Waals surface area contributed by atoms with E-state index in [0.717, 1.165) is 30.6 Å². The number of H-pyrrole nitrogens is 1. The van der Waals surface area contributed by atoms with Crippen LogP contribution in [-0.2, 0) is 16.0 Å². The number of aromatic nitrogens is 1. The number of nitrogens with two attached hydrogens (primary N) is 1. The molecule has 4 N–H and O–H groups in total. The summed E-state index contributed by atoms with van der Waals surface area (Å²) in [5, 5.41) is 10.9. The van der Waals surface area contributed by atoms with Crippen molar-refractivity contribution in [2.24, 2.45) is 5.73 Å². The third-order valence-electron chi connectivity index (χ3n) is 6.70. The van der Waals surface area contributed by atoms with Gasteiger partial charge in [-0.25, -0.2) is 4.79 Å². The van der Waals surface area contributed by atoms with E-state index >= 15 is 0 Å². The van der Waals surface area contributed by atoms with Gasteiger partial charge in [0.15, 0.2) is 5.76 Å². The topological polar surface area (TPSA) is 112 Å². The Hall–Kier alpha value is -3.78. The molecule has 1 saturated heterocycles. The number of aliphatic hydroxyl groups is 1. The fourth-order valence-corrected chi connectivity index (χ4v) is 4.85. The number of fused-ring (bicyclic) bond motifs is 1. The van der Waals surface area contributed by atoms with Gasteiger partial charge in [0, 0.05) is 42.8 Å². The molecular weight excluding hydrogens is 468 g/mol. The molecule has 1 atom stereocenters. The molecule has 196 valence electrons. The second-order valence-electron chi connectivity index (χ2n) is 10.6. The summed E-state index contributed by atoms with van der Waals surface area (Å²) in [6.07, 6.45) is 1.92. The predicted octanol–water partition coefficient (Wildman–Crippen LogP) is 4.70. The molecule has 0 bridgehead atoms. The number of hydrogen-bond acceptors (Lipinski definition) is 5. The Balaban J connectivity index is 1.57. The van der Waals surface area contributed by atoms with Crippen LogP contribution in [0.4, 0.5) is 4.79 Å². The first-order valence-electron chi connectivity index (χ1n) is 12.6. The molecule has 1 aliphatic heterocycles. The molecule has 1 aliphatic rings. The standard InChI is InChI=1S/C29H36N4O4/c1-19-22(23-7-5-6-8-24(23)31-19)13-14-32-15-16-33(28(36)37-29(2,3)4)18-25(32)21-11-9-20(10-12-21)17-26(34)27(30)35/h5-12,17,25,31,34H,13-16,18H2,1-4H3,(H2,30,35). The lowest BCUT2D eigenvalue weighted by Gasteiger charge is -2.42. The number of rotatable bonds is 6. The predicted molar refractivity (Wildman–Crippen MR) is 145 cm³/mol. The minimum Gasteiger partial charge on any atom is -0.503 e. The zero-order valence-corrected chi connectivity index (χ0v) is 22.0. The largest absolute Gasteiger partial charge is 0.503 e. The molecule has 0 saturated carbocycles. The van der Waals surface area contributed by atoms with E-state index in [1.807, 2.05) is 51.1 Å². The molecule has 0 spiro atoms. The van der Waals surface area contributed by atoms with Crippen LogP contribution in [0.15, 0.2) is 54.3 Å². The lowest BCUT2D eigenvalue weighted by atomic mass is 9.99. The van der Waals surface area contributed by atoms with Crippen molar-refractivity contribution in [2.75, 3.05) is 26.2 Å². The van der Waals surface area contributed by atoms with Gasteiger partial charge in [-0.05, 0) is 62.9 Å². The highest BCUT2D eigenvalue weighted by Gasteiger charge is 2.33. The number of ether oxygens (including phenoxy) is 1. The minimum absolute atomic E-state index is 0.0328. The van der Waals surface area contributed by atoms with Crippen molar-refractivity contribution >= 4 is 29.0 Å². The number of aliphatic hydroxyl groups excluding tert-OH is 1. The first-order chi connectivity index (χ1) is 17.5. The van der Waals surface area contributed by atoms with E-state index in [1.165, 1.54) is 22.7 Å². The van der Waals surface area contributed by atoms with E-state index in [4.69, 9.17) is 10.5 Å². The van der Waals surface area contributed by atoms with Gasteiger partial charge >= 0.3 is 6.09 Å². The lowest BCUT2D eigenvalue weighted by Crippen LogP contribution is -2.51. The zero-order chi connectivity index (χ0) is 26.7. The van der Waals surface area contributed by atoms with E-state index in [0.29, 0.717) is 18.7 Å². The molecule has 37 heavy (non-hydrogen) atoms. The molecule has 1 aromatic heterocycles. The number of piperazine rings is 1. The molecule has 1 unspecified atom stereocenters. The van der Waals surface area contributed by atoms with Crippen LogP contribution < -0.4 is 5.73 Å². The molecule has 3 aromatic rings. The number of amides is 2. The number of nitrogens with zero attached hydrogens (tertiary/aromatic N) is 2. The van der Waals surface area contributed by atoms with Crippen LogP contribution in [0.3, 0.4) is 0 Å². The molecular formula is C29H36N4O4. The van der Waals surface area contributed by atoms with Crippen LogP contribution in [-0.4, -0.2) is 63.7 Å². The van der Waals surface area contributed by atoms with Gasteiger partial charge in [0.1, 0.15) is 5.60 Å². The molecule has 2 amide bonds. The number of hydrogen-bond donors (Lipinski definition) is 3. The maximum Gasteiger partial charge on any atom is 0.410 e. The molecule has 1 fully saturated rings. The van der Waals surface area contributed by atoms with Crippen LogP contribution in [0, 0.1) is 6.92 Å². The molecule has 0 aliphatic carbocycles. The third-order valence-corrected chi connectivity index (χ3v) is 6.70. The van der Waals surface area contributed by atoms with Gasteiger partial charge in [0.2, 0.25) is 0 Å². The van der Waals surface area contributed by atoms with Crippen LogP contribution in [0.2, 0.25) is 0 Å². The quantitative estimate of drug-likeness (QED) is 0.333. The van der Waals surface area contributed by atoms with E-state index in [9.17, 15) is 14.7 Å². The Bertz CT molecular complexity index is 1300. The number of para-hydroxylation sites is 1. The summed E-state index contributed by atoms with van der Waals surface area (Å²) in [4.78, 5) is 31.7. The normalized spacial score (nSPS) is 17.2. The zero-order valence-electron chi connectivity index (χ0n) is 22.0. The SMILES string of the molecule is Cc1[nH]c2ccccc2c1CCN1CCN(C(=O)OC(C)(C)C)CC1c1ccc(C=C(O)C(N)=O)cc1. The highest BCUT2D eigenvalue weighted by molar-refractivity contribution is 5.94. The molecule has 4 rings (SSSR count). The fraction of sp³-hybridized carbons (Fsp3) is 0.379. The Morgan fingerprint density at radius 1 is 1.14 bits per heavy atom. The summed E-state index contributed by atoms with van der Waals surface area (Å²) >= 11 is 0. The van der Waals surface area contributed by atoms with Gasteiger partial charge in [0.25, 0.3) is 5.91 Å². The first kappa shape index (κ1) is 26.3. The van der Waals surface area contributed by atoms with Crippen molar-refractivity contribution in [3.05, 3.63) is 76.7 Å². The summed E-state index contributed by atoms with van der Waals surface area (Å²) in [5.74, 6) is -1.36. The maximum atomic E-state index is 12.9. The van der Waals surface area contributed by atoms with E-state index in [2.05, 4.69) is 35.0 Å². The Labute approximate surface area is 217 Å². The maximum absolute atomic E-state index is 12.9. The summed E-state index contributed by atoms with van der Waals surface area (Å²) in [6, 6.07) is 15.9. The van der Waals surface area contributed by atoms with Crippen molar-refractivity contribution in [3.63, 3.8) is 0 Å². The summed E-state index contributed by atoms with van der Waals surface area (Å²) in [7, 11) is 0. The monoisotopic (exact) mass is 504 g/mol. The van der Waals surface area contributed by atoms with Crippen molar-refractivity contribution in [1.82, 2.24) is 14.8 Å². The average molecular weight is 505 g/mol. The van der Waals surface area contributed by atoms with E-state index < -0.39 is 17.3 Å². The van der Waals surface area contributed by atoms with Crippen LogP contribution in [0.5, 0.6) is 0 Å². The van der Waals surface area contributed by atoms with Gasteiger partial charge in [-0.15, -0.1) is 0 Å². The molecule has 0 radical (unpaired) electrons. The highest BCUT2D eigenvalue weighted by Crippen LogP contribution is 2.29. The van der Waals surface area contributed by atoms with E-state index in [1.54, 1.807) is 4.90 Å². The third kappa shape index (κ3) is 6.32. The van der Waals surface area contributed by atoms with Crippen molar-refractivity contribution in [3.8, 4) is 0 Å². The first-order valence-corrected chi connectivity index (χ1v) is 12.6. The van der Waals surface area contributed by atoms with Gasteiger partial charge in [-0.1, -0.05) is 42.5 Å². The summed E-state index contributed by atoms with van der Waals surface area (Å²) in [5.41, 5.74) is 9.92. The van der Waals surface area contributed by atoms with Crippen molar-refractivity contribution < 1.29 is 19.4 Å². The van der Waals surface area contributed by atoms with Gasteiger partial charge in [-0.2, -0.15) is 0 Å². The van der Waals surface area contributed by atoms with Crippen LogP contribution in [0.25, 0.3) is 17.0 Å². The Morgan fingerprint density at radius 2 is 1.84 bits per heavy atom. The smallest absolute Gasteiger partial charge is 0.410 e. The highest BCUT2D eigenvalue weighted by atomic mass is 16.6. The second-order valence-corrected chi connectivity index (χ2v) is 10.6. The van der Waals surface area contributed by atoms with Crippen molar-refractivity contribution in [2.45, 2.75) is 45.8 Å². The number of primary amides is 1. The second kappa shape index (κ2) is 10.7. The van der Waals surface area contributed by atoms with Crippen LogP contribution in [0.1, 0.15) is 49.2 Å². The Morgan fingerprint density at radius 3 is 2.51 bits per heavy atom. The van der Waals surface area contributed by atoms with Gasteiger partial charge in [0.05, 0.1) is 6.04 Å². The van der Waals surface area contributed by atoms with E-state index in [-0.39, 0.29) is 12.1 Å². The van der Waals surface area contributed by atoms with Gasteiger partial charge < -0.3 is 25.5 Å². The average Bonchev–Trinajstić information content (AvgIpc) is 3.16. The Kier molecular flexibility index (Phi) is 7.59. The van der Waals surface area contributed by atoms with Crippen LogP contribution >= 0.6 is 0 Å². The molecule has 2 aromatic carbocycles. The lowest BCUT2D eigenvalue weighted by molar-refractivity contribution is -0.116. The number of benzene rings is 2. The number of nitrogens with one attached hydrogen (secondary N) is 1. The number of carbonyl (C=O) groups is 2. The molecule has 2 heterocycles. The number of aromatic amines is 1. The van der Waals surface area contributed by atoms with Crippen molar-refractivity contribution in [1.29, 1.82) is 0 Å². The molecule has 8 nitrogen and oxygen atoms in total. The van der Waals surface area contributed by atoms with Gasteiger partial charge in [-0.3, -0.25) is 9.69 Å².